The first kappa shape index (κ1) is 8.73. The van der Waals surface area contributed by atoms with E-state index < -0.39 is 0 Å². The maximum atomic E-state index is 9.96. The van der Waals surface area contributed by atoms with Crippen LogP contribution in [0.25, 0.3) is 0 Å². The van der Waals surface area contributed by atoms with E-state index in [0.29, 0.717) is 0 Å². The average molecular weight is 177 g/mol. The van der Waals surface area contributed by atoms with Crippen LogP contribution in [0.3, 0.4) is 0 Å². The molecule has 0 bridgehead atoms. The third-order valence-electron chi connectivity index (χ3n) is 2.85. The van der Waals surface area contributed by atoms with Crippen molar-refractivity contribution in [3.63, 3.8) is 0 Å². The van der Waals surface area contributed by atoms with E-state index in [4.69, 9.17) is 0 Å². The van der Waals surface area contributed by atoms with Crippen molar-refractivity contribution in [3.8, 4) is 0 Å². The quantitative estimate of drug-likeness (QED) is 0.676. The number of likely N-dealkylation sites (N-methyl/N-ethyl adjacent to an activating group) is 1. The van der Waals surface area contributed by atoms with Gasteiger partial charge in [-0.05, 0) is 31.0 Å². The Labute approximate surface area is 78.6 Å². The second-order valence-electron chi connectivity index (χ2n) is 3.58. The molecule has 2 atom stereocenters. The lowest BCUT2D eigenvalue weighted by molar-refractivity contribution is 0.119. The van der Waals surface area contributed by atoms with Crippen molar-refractivity contribution in [2.24, 2.45) is 0 Å². The van der Waals surface area contributed by atoms with Gasteiger partial charge in [0.25, 0.3) is 0 Å². The van der Waals surface area contributed by atoms with Gasteiger partial charge in [-0.2, -0.15) is 0 Å². The Hall–Kier alpha value is -0.860. The van der Waals surface area contributed by atoms with Gasteiger partial charge in [0.05, 0.1) is 6.10 Å². The zero-order chi connectivity index (χ0) is 9.26. The zero-order valence-electron chi connectivity index (χ0n) is 7.83. The number of hydrogen-bond acceptors (Lipinski definition) is 2. The van der Waals surface area contributed by atoms with E-state index >= 15 is 0 Å². The number of benzene rings is 1. The van der Waals surface area contributed by atoms with Crippen LogP contribution < -0.4 is 5.32 Å². The molecular weight excluding hydrogens is 162 g/mol. The second-order valence-corrected chi connectivity index (χ2v) is 3.58. The molecule has 2 rings (SSSR count). The normalized spacial score (nSPS) is 26.9. The van der Waals surface area contributed by atoms with E-state index in [1.54, 1.807) is 0 Å². The molecule has 1 aliphatic carbocycles. The van der Waals surface area contributed by atoms with Gasteiger partial charge in [0.2, 0.25) is 0 Å². The smallest absolute Gasteiger partial charge is 0.0945 e. The molecule has 0 amide bonds. The fraction of sp³-hybridized carbons (Fsp3) is 0.455. The zero-order valence-corrected chi connectivity index (χ0v) is 7.83. The summed E-state index contributed by atoms with van der Waals surface area (Å²) in [5.41, 5.74) is 2.38. The Morgan fingerprint density at radius 3 is 2.92 bits per heavy atom. The summed E-state index contributed by atoms with van der Waals surface area (Å²) in [6.07, 6.45) is 1.75. The summed E-state index contributed by atoms with van der Waals surface area (Å²) in [7, 11) is 1.90. The summed E-state index contributed by atoms with van der Waals surface area (Å²) in [6, 6.07) is 8.36. The first-order valence-corrected chi connectivity index (χ1v) is 4.76. The summed E-state index contributed by atoms with van der Waals surface area (Å²) in [6.45, 7) is 0. The molecule has 0 aliphatic heterocycles. The second kappa shape index (κ2) is 3.48. The average Bonchev–Trinajstić information content (AvgIpc) is 2.19. The molecule has 1 aromatic rings. The van der Waals surface area contributed by atoms with Crippen molar-refractivity contribution in [1.82, 2.24) is 5.32 Å². The molecular formula is C11H15NO. The first-order chi connectivity index (χ1) is 6.33. The number of rotatable bonds is 1. The van der Waals surface area contributed by atoms with Crippen LogP contribution in [0.2, 0.25) is 0 Å². The van der Waals surface area contributed by atoms with Crippen LogP contribution in [-0.2, 0) is 6.42 Å². The van der Waals surface area contributed by atoms with Crippen molar-refractivity contribution in [2.75, 3.05) is 7.05 Å². The molecule has 0 saturated heterocycles. The predicted octanol–water partition coefficient (Wildman–Crippen LogP) is 1.25. The van der Waals surface area contributed by atoms with Gasteiger partial charge in [-0.3, -0.25) is 0 Å². The van der Waals surface area contributed by atoms with E-state index in [0.717, 1.165) is 18.4 Å². The lowest BCUT2D eigenvalue weighted by atomic mass is 9.86. The fourth-order valence-electron chi connectivity index (χ4n) is 2.04. The van der Waals surface area contributed by atoms with Crippen molar-refractivity contribution >= 4 is 0 Å². The van der Waals surface area contributed by atoms with E-state index in [2.05, 4.69) is 11.4 Å². The van der Waals surface area contributed by atoms with Gasteiger partial charge in [-0.1, -0.05) is 24.3 Å². The lowest BCUT2D eigenvalue weighted by Crippen LogP contribution is -2.35. The molecule has 0 radical (unpaired) electrons. The van der Waals surface area contributed by atoms with E-state index in [-0.39, 0.29) is 12.1 Å². The van der Waals surface area contributed by atoms with Crippen molar-refractivity contribution in [1.29, 1.82) is 0 Å². The summed E-state index contributed by atoms with van der Waals surface area (Å²) in [5, 5.41) is 13.1. The van der Waals surface area contributed by atoms with Gasteiger partial charge >= 0.3 is 0 Å². The number of nitrogens with one attached hydrogen (secondary N) is 1. The number of hydrogen-bond donors (Lipinski definition) is 2. The predicted molar refractivity (Wildman–Crippen MR) is 52.6 cm³/mol. The van der Waals surface area contributed by atoms with Crippen LogP contribution in [0, 0.1) is 0 Å². The number of aliphatic hydroxyl groups excluding tert-OH is 1. The third kappa shape index (κ3) is 1.47. The van der Waals surface area contributed by atoms with E-state index in [1.165, 1.54) is 5.56 Å². The Morgan fingerprint density at radius 2 is 2.15 bits per heavy atom. The summed E-state index contributed by atoms with van der Waals surface area (Å²) < 4.78 is 0. The topological polar surface area (TPSA) is 32.3 Å². The standard InChI is InChI=1S/C11H15NO/c1-12-10-7-6-8-4-2-3-5-9(8)11(10)13/h2-5,10-13H,6-7H2,1H3/t10-,11-/m0/s1. The molecule has 0 unspecified atom stereocenters. The highest BCUT2D eigenvalue weighted by Crippen LogP contribution is 2.29. The van der Waals surface area contributed by atoms with Crippen LogP contribution in [0.5, 0.6) is 0 Å². The highest BCUT2D eigenvalue weighted by molar-refractivity contribution is 5.32. The number of aryl methyl sites for hydroxylation is 1. The summed E-state index contributed by atoms with van der Waals surface area (Å²) >= 11 is 0. The molecule has 2 nitrogen and oxygen atoms in total. The van der Waals surface area contributed by atoms with Gasteiger partial charge < -0.3 is 10.4 Å². The highest BCUT2D eigenvalue weighted by atomic mass is 16.3. The Kier molecular flexibility index (Phi) is 2.34. The lowest BCUT2D eigenvalue weighted by Gasteiger charge is -2.29. The Morgan fingerprint density at radius 1 is 1.38 bits per heavy atom. The van der Waals surface area contributed by atoms with Gasteiger partial charge in [0.1, 0.15) is 0 Å². The first-order valence-electron chi connectivity index (χ1n) is 4.76. The van der Waals surface area contributed by atoms with Crippen LogP contribution in [0.4, 0.5) is 0 Å². The minimum atomic E-state index is -0.338. The number of aliphatic hydroxyl groups is 1. The van der Waals surface area contributed by atoms with Crippen LogP contribution in [-0.4, -0.2) is 18.2 Å². The highest BCUT2D eigenvalue weighted by Gasteiger charge is 2.25. The molecule has 0 fully saturated rings. The minimum Gasteiger partial charge on any atom is -0.387 e. The molecule has 0 saturated carbocycles. The molecule has 70 valence electrons. The van der Waals surface area contributed by atoms with E-state index in [1.807, 2.05) is 25.2 Å². The maximum Gasteiger partial charge on any atom is 0.0945 e. The van der Waals surface area contributed by atoms with Gasteiger partial charge in [0, 0.05) is 6.04 Å². The molecule has 0 spiro atoms. The van der Waals surface area contributed by atoms with Gasteiger partial charge in [-0.25, -0.2) is 0 Å². The molecule has 1 aromatic carbocycles. The van der Waals surface area contributed by atoms with E-state index in [9.17, 15) is 5.11 Å². The van der Waals surface area contributed by atoms with Crippen molar-refractivity contribution < 1.29 is 5.11 Å². The SMILES string of the molecule is CN[C@H]1CCc2ccccc2[C@@H]1O. The van der Waals surface area contributed by atoms with Crippen LogP contribution >= 0.6 is 0 Å². The Balaban J connectivity index is 2.33. The monoisotopic (exact) mass is 177 g/mol. The Bertz CT molecular complexity index is 298. The van der Waals surface area contributed by atoms with Crippen molar-refractivity contribution in [2.45, 2.75) is 25.0 Å². The van der Waals surface area contributed by atoms with Crippen molar-refractivity contribution in [3.05, 3.63) is 35.4 Å². The summed E-state index contributed by atoms with van der Waals surface area (Å²) in [5.74, 6) is 0. The summed E-state index contributed by atoms with van der Waals surface area (Å²) in [4.78, 5) is 0. The number of fused-ring (bicyclic) bond motifs is 1. The molecule has 1 aliphatic rings. The molecule has 2 heteroatoms. The molecule has 2 N–H and O–H groups in total. The van der Waals surface area contributed by atoms with Gasteiger partial charge in [0.15, 0.2) is 0 Å². The maximum absolute atomic E-state index is 9.96. The third-order valence-corrected chi connectivity index (χ3v) is 2.85. The largest absolute Gasteiger partial charge is 0.387 e. The molecule has 13 heavy (non-hydrogen) atoms. The van der Waals surface area contributed by atoms with Crippen LogP contribution in [0.1, 0.15) is 23.7 Å². The van der Waals surface area contributed by atoms with Crippen LogP contribution in [0.15, 0.2) is 24.3 Å². The minimum absolute atomic E-state index is 0.217. The molecule has 0 heterocycles. The fourth-order valence-corrected chi connectivity index (χ4v) is 2.04. The molecule has 0 aromatic heterocycles. The van der Waals surface area contributed by atoms with Gasteiger partial charge in [-0.15, -0.1) is 0 Å².